The minimum absolute atomic E-state index is 0.0450. The summed E-state index contributed by atoms with van der Waals surface area (Å²) in [7, 11) is -3.92. The lowest BCUT2D eigenvalue weighted by atomic mass is 10.2. The quantitative estimate of drug-likeness (QED) is 0.320. The molecule has 0 aromatic heterocycles. The van der Waals surface area contributed by atoms with Gasteiger partial charge in [-0.1, -0.05) is 0 Å². The van der Waals surface area contributed by atoms with Crippen LogP contribution >= 0.6 is 0 Å². The van der Waals surface area contributed by atoms with E-state index >= 15 is 0 Å². The Labute approximate surface area is 159 Å². The van der Waals surface area contributed by atoms with E-state index in [-0.39, 0.29) is 42.6 Å². The lowest BCUT2D eigenvalue weighted by Gasteiger charge is -2.26. The van der Waals surface area contributed by atoms with Crippen LogP contribution in [0.5, 0.6) is 5.75 Å². The van der Waals surface area contributed by atoms with E-state index in [0.717, 1.165) is 30.3 Å². The molecule has 11 heteroatoms. The number of benzene rings is 2. The van der Waals surface area contributed by atoms with Crippen molar-refractivity contribution in [2.24, 2.45) is 0 Å². The zero-order chi connectivity index (χ0) is 20.3. The van der Waals surface area contributed by atoms with Gasteiger partial charge in [-0.25, -0.2) is 17.6 Å². The van der Waals surface area contributed by atoms with Crippen molar-refractivity contribution >= 4 is 21.7 Å². The van der Waals surface area contributed by atoms with Gasteiger partial charge in [-0.3, -0.25) is 10.1 Å². The molecular formula is C17H15FN2O7S. The Morgan fingerprint density at radius 1 is 1.14 bits per heavy atom. The number of morpholine rings is 1. The normalized spacial score (nSPS) is 15.2. The van der Waals surface area contributed by atoms with E-state index in [1.165, 1.54) is 16.4 Å². The smallest absolute Gasteiger partial charge is 0.346 e. The van der Waals surface area contributed by atoms with Crippen molar-refractivity contribution in [3.8, 4) is 5.75 Å². The van der Waals surface area contributed by atoms with E-state index < -0.39 is 32.3 Å². The number of halogens is 1. The van der Waals surface area contributed by atoms with Crippen LogP contribution in [-0.4, -0.2) is 49.9 Å². The third kappa shape index (κ3) is 4.16. The number of sulfonamides is 1. The molecule has 2 aromatic carbocycles. The summed E-state index contributed by atoms with van der Waals surface area (Å²) >= 11 is 0. The Kier molecular flexibility index (Phi) is 5.68. The number of nitro groups is 1. The van der Waals surface area contributed by atoms with Crippen LogP contribution in [-0.2, 0) is 14.8 Å². The van der Waals surface area contributed by atoms with Gasteiger partial charge >= 0.3 is 5.97 Å². The molecule has 9 nitrogen and oxygen atoms in total. The second kappa shape index (κ2) is 8.00. The van der Waals surface area contributed by atoms with Crippen LogP contribution in [0.2, 0.25) is 0 Å². The average molecular weight is 410 g/mol. The minimum atomic E-state index is -3.92. The Bertz CT molecular complexity index is 1000. The zero-order valence-corrected chi connectivity index (χ0v) is 15.2. The number of hydrogen-bond acceptors (Lipinski definition) is 7. The van der Waals surface area contributed by atoms with Gasteiger partial charge in [-0.2, -0.15) is 4.31 Å². The Morgan fingerprint density at radius 2 is 1.79 bits per heavy atom. The molecule has 0 N–H and O–H groups in total. The molecule has 0 amide bonds. The van der Waals surface area contributed by atoms with E-state index in [4.69, 9.17) is 9.47 Å². The molecule has 148 valence electrons. The van der Waals surface area contributed by atoms with Crippen LogP contribution < -0.4 is 4.74 Å². The lowest BCUT2D eigenvalue weighted by molar-refractivity contribution is -0.384. The maximum atomic E-state index is 14.1. The first-order valence-corrected chi connectivity index (χ1v) is 9.57. The van der Waals surface area contributed by atoms with Crippen molar-refractivity contribution < 1.29 is 32.0 Å². The Balaban J connectivity index is 1.84. The largest absolute Gasteiger partial charge is 0.423 e. The number of carbonyl (C=O) groups excluding carboxylic acids is 1. The van der Waals surface area contributed by atoms with Gasteiger partial charge in [0.15, 0.2) is 0 Å². The lowest BCUT2D eigenvalue weighted by Crippen LogP contribution is -2.40. The molecule has 1 heterocycles. The zero-order valence-electron chi connectivity index (χ0n) is 14.4. The molecular weight excluding hydrogens is 395 g/mol. The molecule has 0 saturated carbocycles. The molecule has 0 spiro atoms. The van der Waals surface area contributed by atoms with Gasteiger partial charge in [-0.15, -0.1) is 0 Å². The number of esters is 1. The standard InChI is InChI=1S/C17H15FN2O7S/c18-16-6-5-14(28(24,25)19-7-9-26-10-8-19)11-15(16)17(21)27-13-3-1-12(2-4-13)20(22)23/h1-6,11H,7-10H2. The third-order valence-corrected chi connectivity index (χ3v) is 5.92. The second-order valence-corrected chi connectivity index (χ2v) is 7.74. The van der Waals surface area contributed by atoms with Gasteiger partial charge in [-0.05, 0) is 30.3 Å². The molecule has 0 radical (unpaired) electrons. The first kappa shape index (κ1) is 19.9. The van der Waals surface area contributed by atoms with Crippen LogP contribution in [0, 0.1) is 15.9 Å². The molecule has 1 fully saturated rings. The van der Waals surface area contributed by atoms with Crippen LogP contribution in [0.1, 0.15) is 10.4 Å². The van der Waals surface area contributed by atoms with Crippen molar-refractivity contribution in [2.45, 2.75) is 4.90 Å². The van der Waals surface area contributed by atoms with Crippen LogP contribution in [0.15, 0.2) is 47.4 Å². The van der Waals surface area contributed by atoms with Gasteiger partial charge in [0, 0.05) is 25.2 Å². The fraction of sp³-hybridized carbons (Fsp3) is 0.235. The summed E-state index contributed by atoms with van der Waals surface area (Å²) in [6, 6.07) is 7.47. The topological polar surface area (TPSA) is 116 Å². The van der Waals surface area contributed by atoms with Crippen LogP contribution in [0.3, 0.4) is 0 Å². The monoisotopic (exact) mass is 410 g/mol. The molecule has 3 rings (SSSR count). The first-order chi connectivity index (χ1) is 13.3. The van der Waals surface area contributed by atoms with Crippen LogP contribution in [0.4, 0.5) is 10.1 Å². The number of carbonyl (C=O) groups is 1. The summed E-state index contributed by atoms with van der Waals surface area (Å²) in [6.07, 6.45) is 0. The second-order valence-electron chi connectivity index (χ2n) is 5.80. The number of nitro benzene ring substituents is 1. The van der Waals surface area contributed by atoms with Crippen molar-refractivity contribution in [3.05, 3.63) is 64.0 Å². The van der Waals surface area contributed by atoms with E-state index in [1.807, 2.05) is 0 Å². The number of non-ortho nitro benzene ring substituents is 1. The SMILES string of the molecule is O=C(Oc1ccc([N+](=O)[O-])cc1)c1cc(S(=O)(=O)N2CCOCC2)ccc1F. The highest BCUT2D eigenvalue weighted by atomic mass is 32.2. The number of nitrogens with zero attached hydrogens (tertiary/aromatic N) is 2. The van der Waals surface area contributed by atoms with Crippen molar-refractivity contribution in [1.29, 1.82) is 0 Å². The third-order valence-electron chi connectivity index (χ3n) is 4.02. The van der Waals surface area contributed by atoms with Gasteiger partial charge in [0.25, 0.3) is 5.69 Å². The highest BCUT2D eigenvalue weighted by molar-refractivity contribution is 7.89. The average Bonchev–Trinajstić information content (AvgIpc) is 2.69. The van der Waals surface area contributed by atoms with Crippen molar-refractivity contribution in [1.82, 2.24) is 4.31 Å². The highest BCUT2D eigenvalue weighted by Gasteiger charge is 2.28. The van der Waals surface area contributed by atoms with Crippen molar-refractivity contribution in [2.75, 3.05) is 26.3 Å². The minimum Gasteiger partial charge on any atom is -0.423 e. The molecule has 0 atom stereocenters. The van der Waals surface area contributed by atoms with Gasteiger partial charge in [0.05, 0.1) is 28.6 Å². The Hall–Kier alpha value is -2.89. The Morgan fingerprint density at radius 3 is 2.39 bits per heavy atom. The summed E-state index contributed by atoms with van der Waals surface area (Å²) in [4.78, 5) is 22.1. The summed E-state index contributed by atoms with van der Waals surface area (Å²) in [6.45, 7) is 0.801. The van der Waals surface area contributed by atoms with E-state index in [0.29, 0.717) is 0 Å². The van der Waals surface area contributed by atoms with Crippen LogP contribution in [0.25, 0.3) is 0 Å². The summed E-state index contributed by atoms with van der Waals surface area (Å²) in [5.41, 5.74) is -0.766. The summed E-state index contributed by atoms with van der Waals surface area (Å²) < 4.78 is 50.7. The predicted molar refractivity (Wildman–Crippen MR) is 94.0 cm³/mol. The van der Waals surface area contributed by atoms with E-state index in [2.05, 4.69) is 0 Å². The maximum absolute atomic E-state index is 14.1. The summed E-state index contributed by atoms with van der Waals surface area (Å²) in [5.74, 6) is -2.12. The fourth-order valence-electron chi connectivity index (χ4n) is 2.56. The molecule has 1 aliphatic heterocycles. The summed E-state index contributed by atoms with van der Waals surface area (Å²) in [5, 5.41) is 10.6. The first-order valence-electron chi connectivity index (χ1n) is 8.13. The molecule has 1 aliphatic rings. The van der Waals surface area contributed by atoms with Gasteiger partial charge in [0.2, 0.25) is 10.0 Å². The van der Waals surface area contributed by atoms with E-state index in [1.54, 1.807) is 0 Å². The molecule has 28 heavy (non-hydrogen) atoms. The predicted octanol–water partition coefficient (Wildman–Crippen LogP) is 1.97. The molecule has 0 unspecified atom stereocenters. The maximum Gasteiger partial charge on any atom is 0.346 e. The van der Waals surface area contributed by atoms with E-state index in [9.17, 15) is 27.7 Å². The number of ether oxygens (including phenoxy) is 2. The van der Waals surface area contributed by atoms with Gasteiger partial charge < -0.3 is 9.47 Å². The fourth-order valence-corrected chi connectivity index (χ4v) is 3.99. The molecule has 2 aromatic rings. The van der Waals surface area contributed by atoms with Crippen molar-refractivity contribution in [3.63, 3.8) is 0 Å². The number of rotatable bonds is 5. The molecule has 0 bridgehead atoms. The highest BCUT2D eigenvalue weighted by Crippen LogP contribution is 2.23. The number of hydrogen-bond donors (Lipinski definition) is 0. The van der Waals surface area contributed by atoms with Gasteiger partial charge in [0.1, 0.15) is 11.6 Å². The molecule has 0 aliphatic carbocycles. The molecule has 1 saturated heterocycles.